The fraction of sp³-hybridized carbons (Fsp3) is 0.227. The van der Waals surface area contributed by atoms with Gasteiger partial charge < -0.3 is 18.9 Å². The molecule has 1 N–H and O–H groups in total. The van der Waals surface area contributed by atoms with Gasteiger partial charge in [-0.25, -0.2) is 4.98 Å². The normalized spacial score (nSPS) is 10.3. The zero-order valence-electron chi connectivity index (χ0n) is 17.1. The number of nitrogens with zero attached hydrogens (tertiary/aromatic N) is 1. The predicted molar refractivity (Wildman–Crippen MR) is 117 cm³/mol. The maximum absolute atomic E-state index is 12.0. The molecule has 0 bridgehead atoms. The first-order chi connectivity index (χ1) is 15.1. The molecule has 1 aromatic heterocycles. The molecule has 0 saturated heterocycles. The average molecular weight is 442 g/mol. The number of hydrogen-bond donors (Lipinski definition) is 1. The molecule has 3 rings (SSSR count). The van der Waals surface area contributed by atoms with Crippen LogP contribution in [0.25, 0.3) is 11.3 Å². The number of methoxy groups -OCH3 is 2. The third kappa shape index (κ3) is 6.71. The van der Waals surface area contributed by atoms with Crippen LogP contribution in [0.15, 0.2) is 53.9 Å². The quantitative estimate of drug-likeness (QED) is 0.477. The minimum atomic E-state index is -0.526. The Hall–Kier alpha value is -3.59. The molecule has 0 saturated carbocycles. The lowest BCUT2D eigenvalue weighted by Gasteiger charge is -2.07. The van der Waals surface area contributed by atoms with E-state index in [1.807, 2.05) is 29.6 Å². The van der Waals surface area contributed by atoms with E-state index in [9.17, 15) is 9.59 Å². The summed E-state index contributed by atoms with van der Waals surface area (Å²) in [7, 11) is 3.18. The molecule has 1 amide bonds. The lowest BCUT2D eigenvalue weighted by atomic mass is 10.2. The summed E-state index contributed by atoms with van der Waals surface area (Å²) in [5, 5.41) is 4.89. The molecular formula is C22H22N2O6S. The Morgan fingerprint density at radius 2 is 1.55 bits per heavy atom. The van der Waals surface area contributed by atoms with Gasteiger partial charge in [0.25, 0.3) is 5.91 Å². The number of carbonyl (C=O) groups excluding carboxylic acids is 2. The number of rotatable bonds is 10. The molecular weight excluding hydrogens is 420 g/mol. The van der Waals surface area contributed by atoms with E-state index in [-0.39, 0.29) is 13.0 Å². The summed E-state index contributed by atoms with van der Waals surface area (Å²) in [5.74, 6) is 1.10. The highest BCUT2D eigenvalue weighted by molar-refractivity contribution is 7.14. The van der Waals surface area contributed by atoms with Gasteiger partial charge in [-0.1, -0.05) is 0 Å². The number of aromatic nitrogens is 1. The molecule has 8 nitrogen and oxygen atoms in total. The van der Waals surface area contributed by atoms with Crippen LogP contribution < -0.4 is 19.5 Å². The molecule has 31 heavy (non-hydrogen) atoms. The number of hydrogen-bond acceptors (Lipinski definition) is 8. The van der Waals surface area contributed by atoms with Gasteiger partial charge >= 0.3 is 5.97 Å². The topological polar surface area (TPSA) is 96.0 Å². The number of amides is 1. The smallest absolute Gasteiger partial charge is 0.309 e. The summed E-state index contributed by atoms with van der Waals surface area (Å²) in [4.78, 5) is 28.2. The molecule has 9 heteroatoms. The third-order valence-corrected chi connectivity index (χ3v) is 4.89. The zero-order valence-corrected chi connectivity index (χ0v) is 17.9. The number of nitrogens with one attached hydrogen (secondary N) is 1. The Balaban J connectivity index is 1.38. The minimum Gasteiger partial charge on any atom is -0.497 e. The van der Waals surface area contributed by atoms with Crippen molar-refractivity contribution in [3.63, 3.8) is 0 Å². The first-order valence-electron chi connectivity index (χ1n) is 9.39. The number of carbonyl (C=O) groups is 2. The van der Waals surface area contributed by atoms with Crippen molar-refractivity contribution in [2.24, 2.45) is 0 Å². The van der Waals surface area contributed by atoms with Gasteiger partial charge in [-0.15, -0.1) is 11.3 Å². The van der Waals surface area contributed by atoms with E-state index in [2.05, 4.69) is 10.3 Å². The molecule has 0 aliphatic heterocycles. The van der Waals surface area contributed by atoms with Crippen LogP contribution in [0.1, 0.15) is 6.42 Å². The van der Waals surface area contributed by atoms with Gasteiger partial charge in [0.1, 0.15) is 17.2 Å². The summed E-state index contributed by atoms with van der Waals surface area (Å²) in [6, 6.07) is 14.4. The van der Waals surface area contributed by atoms with Crippen LogP contribution >= 0.6 is 11.3 Å². The van der Waals surface area contributed by atoms with Crippen molar-refractivity contribution in [3.8, 4) is 28.5 Å². The minimum absolute atomic E-state index is 0.0260. The molecule has 0 fully saturated rings. The number of benzene rings is 2. The first kappa shape index (κ1) is 22.1. The summed E-state index contributed by atoms with van der Waals surface area (Å²) in [6.07, 6.45) is 0.0260. The number of thiazole rings is 1. The fourth-order valence-electron chi connectivity index (χ4n) is 2.52. The standard InChI is InChI=1S/C22H22N2O6S/c1-27-16-5-3-15(4-6-16)19-14-31-22(23-19)24-20(25)13-30-21(26)11-12-29-18-9-7-17(28-2)8-10-18/h3-10,14H,11-13H2,1-2H3,(H,23,24,25). The van der Waals surface area contributed by atoms with Crippen molar-refractivity contribution in [2.75, 3.05) is 32.8 Å². The van der Waals surface area contributed by atoms with Crippen molar-refractivity contribution < 1.29 is 28.5 Å². The molecule has 162 valence electrons. The maximum atomic E-state index is 12.0. The van der Waals surface area contributed by atoms with Gasteiger partial charge in [0, 0.05) is 10.9 Å². The number of anilines is 1. The van der Waals surface area contributed by atoms with Gasteiger partial charge in [-0.3, -0.25) is 14.9 Å². The van der Waals surface area contributed by atoms with Crippen LogP contribution in [0.3, 0.4) is 0 Å². The van der Waals surface area contributed by atoms with Gasteiger partial charge in [-0.2, -0.15) is 0 Å². The highest BCUT2D eigenvalue weighted by atomic mass is 32.1. The average Bonchev–Trinajstić information content (AvgIpc) is 3.26. The Morgan fingerprint density at radius 1 is 0.935 bits per heavy atom. The Morgan fingerprint density at radius 3 is 2.19 bits per heavy atom. The van der Waals surface area contributed by atoms with Gasteiger partial charge in [0.15, 0.2) is 11.7 Å². The molecule has 2 aromatic carbocycles. The van der Waals surface area contributed by atoms with Crippen molar-refractivity contribution in [2.45, 2.75) is 6.42 Å². The van der Waals surface area contributed by atoms with Crippen LogP contribution in [0.4, 0.5) is 5.13 Å². The first-order valence-corrected chi connectivity index (χ1v) is 10.3. The largest absolute Gasteiger partial charge is 0.497 e. The van der Waals surface area contributed by atoms with Crippen molar-refractivity contribution >= 4 is 28.3 Å². The second kappa shape index (κ2) is 11.0. The van der Waals surface area contributed by atoms with Gasteiger partial charge in [0.2, 0.25) is 0 Å². The summed E-state index contributed by atoms with van der Waals surface area (Å²) >= 11 is 1.29. The second-order valence-corrected chi connectivity index (χ2v) is 7.11. The monoisotopic (exact) mass is 442 g/mol. The Bertz CT molecular complexity index is 1000. The lowest BCUT2D eigenvalue weighted by molar-refractivity contribution is -0.147. The Labute approximate surface area is 183 Å². The van der Waals surface area contributed by atoms with E-state index in [0.717, 1.165) is 17.0 Å². The predicted octanol–water partition coefficient (Wildman–Crippen LogP) is 3.78. The fourth-order valence-corrected chi connectivity index (χ4v) is 3.26. The van der Waals surface area contributed by atoms with E-state index in [0.29, 0.717) is 16.6 Å². The third-order valence-electron chi connectivity index (χ3n) is 4.13. The van der Waals surface area contributed by atoms with E-state index in [4.69, 9.17) is 18.9 Å². The van der Waals surface area contributed by atoms with E-state index in [1.54, 1.807) is 38.5 Å². The van der Waals surface area contributed by atoms with Crippen LogP contribution in [-0.4, -0.2) is 44.3 Å². The van der Waals surface area contributed by atoms with Crippen LogP contribution in [0.2, 0.25) is 0 Å². The number of ether oxygens (including phenoxy) is 4. The van der Waals surface area contributed by atoms with Gasteiger partial charge in [0.05, 0.1) is 32.9 Å². The van der Waals surface area contributed by atoms with Crippen molar-refractivity contribution in [3.05, 3.63) is 53.9 Å². The van der Waals surface area contributed by atoms with Crippen molar-refractivity contribution in [1.82, 2.24) is 4.98 Å². The molecule has 0 atom stereocenters. The Kier molecular flexibility index (Phi) is 7.83. The van der Waals surface area contributed by atoms with Crippen molar-refractivity contribution in [1.29, 1.82) is 0 Å². The number of esters is 1. The zero-order chi connectivity index (χ0) is 22.1. The summed E-state index contributed by atoms with van der Waals surface area (Å²) in [5.41, 5.74) is 1.64. The van der Waals surface area contributed by atoms with Crippen LogP contribution in [0, 0.1) is 0 Å². The SMILES string of the molecule is COc1ccc(OCCC(=O)OCC(=O)Nc2nc(-c3ccc(OC)cc3)cs2)cc1. The second-order valence-electron chi connectivity index (χ2n) is 6.25. The highest BCUT2D eigenvalue weighted by Crippen LogP contribution is 2.26. The molecule has 0 aliphatic carbocycles. The van der Waals surface area contributed by atoms with E-state index in [1.165, 1.54) is 11.3 Å². The molecule has 0 aliphatic rings. The molecule has 0 radical (unpaired) electrons. The highest BCUT2D eigenvalue weighted by Gasteiger charge is 2.11. The van der Waals surface area contributed by atoms with Gasteiger partial charge in [-0.05, 0) is 48.5 Å². The van der Waals surface area contributed by atoms with Crippen LogP contribution in [-0.2, 0) is 14.3 Å². The molecule has 0 unspecified atom stereocenters. The maximum Gasteiger partial charge on any atom is 0.309 e. The molecule has 3 aromatic rings. The summed E-state index contributed by atoms with van der Waals surface area (Å²) in [6.45, 7) is -0.247. The van der Waals surface area contributed by atoms with Crippen LogP contribution in [0.5, 0.6) is 17.2 Å². The summed E-state index contributed by atoms with van der Waals surface area (Å²) < 4.78 is 20.6. The molecule has 0 spiro atoms. The lowest BCUT2D eigenvalue weighted by Crippen LogP contribution is -2.21. The van der Waals surface area contributed by atoms with E-state index < -0.39 is 18.5 Å². The van der Waals surface area contributed by atoms with E-state index >= 15 is 0 Å². The molecule has 1 heterocycles.